The van der Waals surface area contributed by atoms with Crippen molar-refractivity contribution in [3.05, 3.63) is 99.4 Å². The van der Waals surface area contributed by atoms with Crippen LogP contribution in [0.5, 0.6) is 0 Å². The van der Waals surface area contributed by atoms with Gasteiger partial charge in [-0.15, -0.1) is 0 Å². The molecule has 3 rings (SSSR count). The first-order valence-corrected chi connectivity index (χ1v) is 10.5. The van der Waals surface area contributed by atoms with Gasteiger partial charge >= 0.3 is 6.18 Å². The van der Waals surface area contributed by atoms with Gasteiger partial charge in [-0.2, -0.15) is 13.2 Å². The van der Waals surface area contributed by atoms with E-state index >= 15 is 0 Å². The summed E-state index contributed by atoms with van der Waals surface area (Å²) < 4.78 is 38.4. The van der Waals surface area contributed by atoms with Crippen LogP contribution in [0.2, 0.25) is 0 Å². The van der Waals surface area contributed by atoms with Crippen LogP contribution < -0.4 is 0 Å². The summed E-state index contributed by atoms with van der Waals surface area (Å²) in [6, 6.07) is 15.5. The molecule has 0 aliphatic heterocycles. The second kappa shape index (κ2) is 9.51. The van der Waals surface area contributed by atoms with Gasteiger partial charge in [-0.3, -0.25) is 9.98 Å². The first-order valence-electron chi connectivity index (χ1n) is 10.5. The number of benzene rings is 2. The molecule has 1 aromatic heterocycles. The largest absolute Gasteiger partial charge is 0.416 e. The Balaban J connectivity index is 1.87. The smallest absolute Gasteiger partial charge is 0.264 e. The van der Waals surface area contributed by atoms with E-state index in [2.05, 4.69) is 41.8 Å². The molecule has 0 amide bonds. The van der Waals surface area contributed by atoms with Crippen molar-refractivity contribution in [1.82, 2.24) is 4.98 Å². The molecule has 0 fully saturated rings. The van der Waals surface area contributed by atoms with Crippen molar-refractivity contribution in [1.29, 1.82) is 0 Å². The minimum absolute atomic E-state index is 0.157. The van der Waals surface area contributed by atoms with Crippen molar-refractivity contribution >= 4 is 18.5 Å². The number of halogens is 3. The molecule has 2 aromatic carbocycles. The van der Waals surface area contributed by atoms with Crippen molar-refractivity contribution in [2.24, 2.45) is 4.99 Å². The van der Waals surface area contributed by atoms with Crippen molar-refractivity contribution < 1.29 is 13.2 Å². The zero-order chi connectivity index (χ0) is 23.5. The number of hydrogen-bond donors (Lipinski definition) is 0. The molecule has 0 saturated carbocycles. The van der Waals surface area contributed by atoms with Crippen LogP contribution in [-0.2, 0) is 12.6 Å². The minimum Gasteiger partial charge on any atom is -0.264 e. The number of hydrogen-bond acceptors (Lipinski definition) is 2. The Morgan fingerprint density at radius 3 is 2.34 bits per heavy atom. The Labute approximate surface area is 187 Å². The van der Waals surface area contributed by atoms with Crippen LogP contribution in [0.1, 0.15) is 59.0 Å². The highest BCUT2D eigenvalue weighted by molar-refractivity contribution is 5.68. The number of aryl methyl sites for hydroxylation is 2. The molecule has 0 aliphatic rings. The topological polar surface area (TPSA) is 25.2 Å². The number of nitrogens with zero attached hydrogens (tertiary/aromatic N) is 2. The average molecular weight is 437 g/mol. The van der Waals surface area contributed by atoms with Crippen molar-refractivity contribution in [3.8, 4) is 0 Å². The number of aromatic nitrogens is 1. The number of rotatable bonds is 6. The second-order valence-corrected chi connectivity index (χ2v) is 8.19. The molecular formula is C27H27F3N2. The second-order valence-electron chi connectivity index (χ2n) is 8.19. The highest BCUT2D eigenvalue weighted by atomic mass is 19.4. The van der Waals surface area contributed by atoms with Crippen LogP contribution in [0, 0.1) is 13.8 Å². The van der Waals surface area contributed by atoms with Crippen LogP contribution in [0.3, 0.4) is 0 Å². The van der Waals surface area contributed by atoms with E-state index in [1.165, 1.54) is 17.7 Å². The fourth-order valence-electron chi connectivity index (χ4n) is 3.89. The zero-order valence-electron chi connectivity index (χ0n) is 18.8. The van der Waals surface area contributed by atoms with E-state index in [1.54, 1.807) is 0 Å². The highest BCUT2D eigenvalue weighted by Gasteiger charge is 2.29. The lowest BCUT2D eigenvalue weighted by Crippen LogP contribution is -2.04. The summed E-state index contributed by atoms with van der Waals surface area (Å²) >= 11 is 0. The zero-order valence-corrected chi connectivity index (χ0v) is 18.8. The van der Waals surface area contributed by atoms with E-state index in [0.717, 1.165) is 51.5 Å². The third kappa shape index (κ3) is 5.52. The van der Waals surface area contributed by atoms with E-state index in [0.29, 0.717) is 6.42 Å². The maximum Gasteiger partial charge on any atom is 0.416 e. The van der Waals surface area contributed by atoms with Gasteiger partial charge in [-0.05, 0) is 80.9 Å². The first-order chi connectivity index (χ1) is 15.1. The number of allylic oxidation sites excluding steroid dienone is 1. The summed E-state index contributed by atoms with van der Waals surface area (Å²) in [6.07, 6.45) is -1.75. The van der Waals surface area contributed by atoms with Gasteiger partial charge in [-0.25, -0.2) is 0 Å². The summed E-state index contributed by atoms with van der Waals surface area (Å²) in [5, 5.41) is 0. The van der Waals surface area contributed by atoms with Gasteiger partial charge in [0.15, 0.2) is 0 Å². The molecule has 1 heterocycles. The van der Waals surface area contributed by atoms with E-state index in [-0.39, 0.29) is 5.92 Å². The normalized spacial score (nSPS) is 13.2. The molecule has 0 aliphatic carbocycles. The van der Waals surface area contributed by atoms with Crippen LogP contribution in [0.15, 0.2) is 65.2 Å². The predicted molar refractivity (Wildman–Crippen MR) is 126 cm³/mol. The molecule has 0 N–H and O–H groups in total. The third-order valence-electron chi connectivity index (χ3n) is 5.62. The Kier molecular flexibility index (Phi) is 6.97. The van der Waals surface area contributed by atoms with Gasteiger partial charge in [0, 0.05) is 22.9 Å². The average Bonchev–Trinajstić information content (AvgIpc) is 2.73. The van der Waals surface area contributed by atoms with E-state index in [4.69, 9.17) is 0 Å². The molecule has 0 spiro atoms. The van der Waals surface area contributed by atoms with E-state index < -0.39 is 11.7 Å². The van der Waals surface area contributed by atoms with Crippen LogP contribution >= 0.6 is 0 Å². The van der Waals surface area contributed by atoms with Crippen molar-refractivity contribution in [2.75, 3.05) is 0 Å². The molecule has 0 bridgehead atoms. The molecule has 1 unspecified atom stereocenters. The molecule has 5 heteroatoms. The Morgan fingerprint density at radius 2 is 1.75 bits per heavy atom. The third-order valence-corrected chi connectivity index (χ3v) is 5.62. The monoisotopic (exact) mass is 436 g/mol. The lowest BCUT2D eigenvalue weighted by Gasteiger charge is -2.17. The number of aliphatic imine (C=N–C) groups is 1. The summed E-state index contributed by atoms with van der Waals surface area (Å²) in [5.41, 5.74) is 7.23. The van der Waals surface area contributed by atoms with Crippen molar-refractivity contribution in [2.45, 2.75) is 46.2 Å². The molecular weight excluding hydrogens is 409 g/mol. The van der Waals surface area contributed by atoms with Crippen molar-refractivity contribution in [3.63, 3.8) is 0 Å². The Bertz CT molecular complexity index is 1140. The quantitative estimate of drug-likeness (QED) is 0.361. The maximum absolute atomic E-state index is 12.8. The van der Waals surface area contributed by atoms with Gasteiger partial charge in [0.25, 0.3) is 0 Å². The Hall–Kier alpha value is -3.21. The molecule has 166 valence electrons. The predicted octanol–water partition coefficient (Wildman–Crippen LogP) is 7.85. The molecule has 1 atom stereocenters. The summed E-state index contributed by atoms with van der Waals surface area (Å²) in [7, 11) is 0. The van der Waals surface area contributed by atoms with Gasteiger partial charge in [0.2, 0.25) is 0 Å². The van der Waals surface area contributed by atoms with E-state index in [9.17, 15) is 13.2 Å². The lowest BCUT2D eigenvalue weighted by atomic mass is 9.90. The summed E-state index contributed by atoms with van der Waals surface area (Å²) in [6.45, 7) is 11.8. The van der Waals surface area contributed by atoms with Gasteiger partial charge < -0.3 is 0 Å². The van der Waals surface area contributed by atoms with Crippen LogP contribution in [-0.4, -0.2) is 11.7 Å². The van der Waals surface area contributed by atoms with Crippen LogP contribution in [0.25, 0.3) is 6.08 Å². The summed E-state index contributed by atoms with van der Waals surface area (Å²) in [4.78, 5) is 8.72. The Morgan fingerprint density at radius 1 is 1.06 bits per heavy atom. The standard InChI is InChI=1S/C27H27F3N2/c1-17(14-21-7-10-24(11-8-21)27(28,29)30)15-23-16-22(9-13-26(23)31-5)19(3)25-12-6-18(2)32-20(25)4/h6-13,15-16,19H,5,14H2,1-4H3/b17-15+. The highest BCUT2D eigenvalue weighted by Crippen LogP contribution is 2.32. The van der Waals surface area contributed by atoms with E-state index in [1.807, 2.05) is 39.0 Å². The summed E-state index contributed by atoms with van der Waals surface area (Å²) in [5.74, 6) is 0.157. The lowest BCUT2D eigenvalue weighted by molar-refractivity contribution is -0.137. The fraction of sp³-hybridized carbons (Fsp3) is 0.259. The molecule has 0 radical (unpaired) electrons. The fourth-order valence-corrected chi connectivity index (χ4v) is 3.89. The van der Waals surface area contributed by atoms with Gasteiger partial charge in [-0.1, -0.05) is 42.8 Å². The molecule has 3 aromatic rings. The molecule has 2 nitrogen and oxygen atoms in total. The van der Waals surface area contributed by atoms with Crippen LogP contribution in [0.4, 0.5) is 18.9 Å². The van der Waals surface area contributed by atoms with Gasteiger partial charge in [0.05, 0.1) is 11.3 Å². The van der Waals surface area contributed by atoms with Gasteiger partial charge in [0.1, 0.15) is 0 Å². The first kappa shape index (κ1) is 23.5. The minimum atomic E-state index is -4.32. The number of alkyl halides is 3. The number of pyridine rings is 1. The molecule has 0 saturated heterocycles. The SMILES string of the molecule is C=Nc1ccc(C(C)c2ccc(C)nc2C)cc1/C=C(\C)Cc1ccc(C(F)(F)F)cc1. The molecule has 32 heavy (non-hydrogen) atoms. The maximum atomic E-state index is 12.8.